The lowest BCUT2D eigenvalue weighted by atomic mass is 10.0. The third-order valence-corrected chi connectivity index (χ3v) is 2.65. The quantitative estimate of drug-likeness (QED) is 0.880. The highest BCUT2D eigenvalue weighted by atomic mass is 16.5. The van der Waals surface area contributed by atoms with Crippen molar-refractivity contribution in [1.82, 2.24) is 5.16 Å². The van der Waals surface area contributed by atoms with Gasteiger partial charge in [-0.15, -0.1) is 0 Å². The average molecular weight is 232 g/mol. The van der Waals surface area contributed by atoms with E-state index in [0.717, 1.165) is 35.4 Å². The lowest BCUT2D eigenvalue weighted by Gasteiger charge is -2.07. The summed E-state index contributed by atoms with van der Waals surface area (Å²) in [6.45, 7) is 2.09. The van der Waals surface area contributed by atoms with Crippen LogP contribution in [0.15, 0.2) is 28.8 Å². The number of anilines is 1. The molecule has 0 aliphatic rings. The molecule has 0 spiro atoms. The van der Waals surface area contributed by atoms with E-state index in [9.17, 15) is 0 Å². The summed E-state index contributed by atoms with van der Waals surface area (Å²) in [7, 11) is 1.64. The van der Waals surface area contributed by atoms with E-state index in [1.165, 1.54) is 0 Å². The van der Waals surface area contributed by atoms with Gasteiger partial charge in [-0.2, -0.15) is 0 Å². The molecule has 4 heteroatoms. The van der Waals surface area contributed by atoms with Crippen molar-refractivity contribution in [2.75, 3.05) is 12.8 Å². The van der Waals surface area contributed by atoms with Crippen LogP contribution in [0.2, 0.25) is 0 Å². The zero-order chi connectivity index (χ0) is 12.3. The Bertz CT molecular complexity index is 506. The van der Waals surface area contributed by atoms with E-state index in [0.29, 0.717) is 5.88 Å². The fourth-order valence-electron chi connectivity index (χ4n) is 1.88. The third kappa shape index (κ3) is 2.11. The normalized spacial score (nSPS) is 10.5. The summed E-state index contributed by atoms with van der Waals surface area (Å²) >= 11 is 0. The zero-order valence-electron chi connectivity index (χ0n) is 10.1. The number of aryl methyl sites for hydroxylation is 1. The van der Waals surface area contributed by atoms with Crippen molar-refractivity contribution in [2.45, 2.75) is 19.8 Å². The number of rotatable bonds is 4. The number of hydrogen-bond donors (Lipinski definition) is 1. The minimum absolute atomic E-state index is 0.345. The minimum atomic E-state index is 0.345. The van der Waals surface area contributed by atoms with Gasteiger partial charge in [0.05, 0.1) is 18.4 Å². The highest BCUT2D eigenvalue weighted by Gasteiger charge is 2.17. The SMILES string of the molecule is CCCc1noc(N)c1-c1ccccc1OC. The van der Waals surface area contributed by atoms with Gasteiger partial charge in [0.1, 0.15) is 5.75 Å². The van der Waals surface area contributed by atoms with E-state index < -0.39 is 0 Å². The molecule has 0 unspecified atom stereocenters. The molecule has 2 aromatic rings. The first-order valence-electron chi connectivity index (χ1n) is 5.65. The Labute approximate surface area is 100 Å². The predicted octanol–water partition coefficient (Wildman–Crippen LogP) is 2.88. The number of para-hydroxylation sites is 1. The van der Waals surface area contributed by atoms with Gasteiger partial charge < -0.3 is 15.0 Å². The number of aromatic nitrogens is 1. The fourth-order valence-corrected chi connectivity index (χ4v) is 1.88. The summed E-state index contributed by atoms with van der Waals surface area (Å²) in [5.74, 6) is 1.12. The van der Waals surface area contributed by atoms with Crippen LogP contribution in [0.25, 0.3) is 11.1 Å². The van der Waals surface area contributed by atoms with Crippen molar-refractivity contribution >= 4 is 5.88 Å². The van der Waals surface area contributed by atoms with Gasteiger partial charge in [-0.25, -0.2) is 0 Å². The molecule has 0 saturated carbocycles. The Morgan fingerprint density at radius 1 is 1.35 bits per heavy atom. The minimum Gasteiger partial charge on any atom is -0.496 e. The molecule has 1 heterocycles. The Kier molecular flexibility index (Phi) is 3.32. The van der Waals surface area contributed by atoms with E-state index in [1.807, 2.05) is 24.3 Å². The number of benzene rings is 1. The molecule has 90 valence electrons. The molecule has 0 amide bonds. The highest BCUT2D eigenvalue weighted by Crippen LogP contribution is 2.36. The second-order valence-corrected chi connectivity index (χ2v) is 3.82. The predicted molar refractivity (Wildman–Crippen MR) is 66.9 cm³/mol. The second kappa shape index (κ2) is 4.91. The zero-order valence-corrected chi connectivity index (χ0v) is 10.1. The number of nitrogens with zero attached hydrogens (tertiary/aromatic N) is 1. The summed E-state index contributed by atoms with van der Waals surface area (Å²) in [6, 6.07) is 7.73. The summed E-state index contributed by atoms with van der Waals surface area (Å²) in [6.07, 6.45) is 1.84. The first-order chi connectivity index (χ1) is 8.27. The van der Waals surface area contributed by atoms with E-state index in [1.54, 1.807) is 7.11 Å². The molecule has 0 saturated heterocycles. The van der Waals surface area contributed by atoms with E-state index in [2.05, 4.69) is 12.1 Å². The molecule has 0 bridgehead atoms. The highest BCUT2D eigenvalue weighted by molar-refractivity contribution is 5.79. The molecule has 0 fully saturated rings. The van der Waals surface area contributed by atoms with Crippen LogP contribution in [-0.4, -0.2) is 12.3 Å². The van der Waals surface area contributed by atoms with E-state index >= 15 is 0 Å². The number of ether oxygens (including phenoxy) is 1. The lowest BCUT2D eigenvalue weighted by Crippen LogP contribution is -1.93. The summed E-state index contributed by atoms with van der Waals surface area (Å²) in [5, 5.41) is 4.00. The number of nitrogens with two attached hydrogens (primary N) is 1. The first-order valence-corrected chi connectivity index (χ1v) is 5.65. The van der Waals surface area contributed by atoms with Crippen LogP contribution in [0.3, 0.4) is 0 Å². The van der Waals surface area contributed by atoms with Crippen LogP contribution in [0.4, 0.5) is 5.88 Å². The largest absolute Gasteiger partial charge is 0.496 e. The van der Waals surface area contributed by atoms with E-state index in [4.69, 9.17) is 15.0 Å². The Balaban J connectivity index is 2.55. The van der Waals surface area contributed by atoms with Crippen molar-refractivity contribution in [2.24, 2.45) is 0 Å². The summed E-state index contributed by atoms with van der Waals surface area (Å²) in [5.41, 5.74) is 8.51. The fraction of sp³-hybridized carbons (Fsp3) is 0.308. The summed E-state index contributed by atoms with van der Waals surface area (Å²) in [4.78, 5) is 0. The average Bonchev–Trinajstić information content (AvgIpc) is 2.71. The van der Waals surface area contributed by atoms with Crippen LogP contribution in [0.1, 0.15) is 19.0 Å². The monoisotopic (exact) mass is 232 g/mol. The Morgan fingerprint density at radius 2 is 2.12 bits per heavy atom. The molecule has 0 aliphatic heterocycles. The lowest BCUT2D eigenvalue weighted by molar-refractivity contribution is 0.416. The molecule has 0 radical (unpaired) electrons. The molecule has 1 aromatic carbocycles. The van der Waals surface area contributed by atoms with Crippen LogP contribution in [-0.2, 0) is 6.42 Å². The van der Waals surface area contributed by atoms with Gasteiger partial charge in [-0.1, -0.05) is 36.7 Å². The number of methoxy groups -OCH3 is 1. The van der Waals surface area contributed by atoms with Gasteiger partial charge in [-0.3, -0.25) is 0 Å². The van der Waals surface area contributed by atoms with Crippen molar-refractivity contribution in [3.63, 3.8) is 0 Å². The molecule has 17 heavy (non-hydrogen) atoms. The Hall–Kier alpha value is -1.97. The van der Waals surface area contributed by atoms with Gasteiger partial charge in [0.15, 0.2) is 0 Å². The molecule has 2 N–H and O–H groups in total. The topological polar surface area (TPSA) is 61.3 Å². The van der Waals surface area contributed by atoms with Crippen molar-refractivity contribution in [3.05, 3.63) is 30.0 Å². The number of hydrogen-bond acceptors (Lipinski definition) is 4. The van der Waals surface area contributed by atoms with Gasteiger partial charge in [0.2, 0.25) is 5.88 Å². The van der Waals surface area contributed by atoms with Crippen LogP contribution in [0, 0.1) is 0 Å². The molecule has 4 nitrogen and oxygen atoms in total. The molecular weight excluding hydrogens is 216 g/mol. The third-order valence-electron chi connectivity index (χ3n) is 2.65. The molecule has 0 atom stereocenters. The van der Waals surface area contributed by atoms with Crippen LogP contribution in [0.5, 0.6) is 5.75 Å². The van der Waals surface area contributed by atoms with Crippen LogP contribution < -0.4 is 10.5 Å². The molecular formula is C13H16N2O2. The smallest absolute Gasteiger partial charge is 0.230 e. The van der Waals surface area contributed by atoms with Gasteiger partial charge in [0, 0.05) is 5.56 Å². The van der Waals surface area contributed by atoms with Crippen molar-refractivity contribution < 1.29 is 9.26 Å². The maximum absolute atomic E-state index is 5.84. The van der Waals surface area contributed by atoms with Gasteiger partial charge >= 0.3 is 0 Å². The second-order valence-electron chi connectivity index (χ2n) is 3.82. The van der Waals surface area contributed by atoms with Gasteiger partial charge in [0.25, 0.3) is 0 Å². The van der Waals surface area contributed by atoms with Crippen molar-refractivity contribution in [3.8, 4) is 16.9 Å². The van der Waals surface area contributed by atoms with Gasteiger partial charge in [-0.05, 0) is 12.5 Å². The molecule has 0 aliphatic carbocycles. The maximum Gasteiger partial charge on any atom is 0.230 e. The standard InChI is InChI=1S/C13H16N2O2/c1-3-6-10-12(13(14)17-15-10)9-7-4-5-8-11(9)16-2/h4-5,7-8H,3,6,14H2,1-2H3. The summed E-state index contributed by atoms with van der Waals surface area (Å²) < 4.78 is 10.4. The Morgan fingerprint density at radius 3 is 2.82 bits per heavy atom. The maximum atomic E-state index is 5.84. The van der Waals surface area contributed by atoms with E-state index in [-0.39, 0.29) is 0 Å². The van der Waals surface area contributed by atoms with Crippen LogP contribution >= 0.6 is 0 Å². The first kappa shape index (κ1) is 11.5. The molecule has 1 aromatic heterocycles. The number of nitrogen functional groups attached to an aromatic ring is 1. The molecule has 2 rings (SSSR count). The van der Waals surface area contributed by atoms with Crippen molar-refractivity contribution in [1.29, 1.82) is 0 Å².